The summed E-state index contributed by atoms with van der Waals surface area (Å²) in [6.07, 6.45) is 0. The van der Waals surface area contributed by atoms with Gasteiger partial charge in [-0.25, -0.2) is 4.39 Å². The van der Waals surface area contributed by atoms with Crippen molar-refractivity contribution < 1.29 is 9.18 Å². The van der Waals surface area contributed by atoms with Gasteiger partial charge >= 0.3 is 0 Å². The molecule has 2 aromatic carbocycles. The second-order valence-corrected chi connectivity index (χ2v) is 5.09. The van der Waals surface area contributed by atoms with E-state index >= 15 is 0 Å². The van der Waals surface area contributed by atoms with E-state index < -0.39 is 5.82 Å². The van der Waals surface area contributed by atoms with Gasteiger partial charge in [0.25, 0.3) is 5.91 Å². The van der Waals surface area contributed by atoms with Crippen LogP contribution in [0.5, 0.6) is 0 Å². The van der Waals surface area contributed by atoms with Crippen LogP contribution in [0, 0.1) is 16.3 Å². The molecule has 0 saturated carbocycles. The summed E-state index contributed by atoms with van der Waals surface area (Å²) in [5.74, 6) is -0.727. The van der Waals surface area contributed by atoms with Gasteiger partial charge in [-0.15, -0.1) is 0 Å². The number of aryl methyl sites for hydroxylation is 1. The van der Waals surface area contributed by atoms with Gasteiger partial charge in [0.15, 0.2) is 0 Å². The molecule has 0 heterocycles. The fourth-order valence-corrected chi connectivity index (χ4v) is 2.02. The average molecular weight is 355 g/mol. The smallest absolute Gasteiger partial charge is 0.255 e. The minimum absolute atomic E-state index is 0.311. The van der Waals surface area contributed by atoms with Crippen molar-refractivity contribution in [3.8, 4) is 0 Å². The Morgan fingerprint density at radius 2 is 2.00 bits per heavy atom. The van der Waals surface area contributed by atoms with E-state index in [2.05, 4.69) is 27.9 Å². The van der Waals surface area contributed by atoms with Crippen LogP contribution < -0.4 is 5.32 Å². The summed E-state index contributed by atoms with van der Waals surface area (Å²) in [5, 5.41) is 2.74. The summed E-state index contributed by atoms with van der Waals surface area (Å²) in [5.41, 5.74) is 2.17. The van der Waals surface area contributed by atoms with Crippen LogP contribution in [-0.4, -0.2) is 5.91 Å². The summed E-state index contributed by atoms with van der Waals surface area (Å²) in [6, 6.07) is 11.3. The molecule has 4 heteroatoms. The molecular weight excluding hydrogens is 344 g/mol. The molecule has 0 aliphatic rings. The number of carbonyl (C=O) groups is 1. The second-order valence-electron chi connectivity index (χ2n) is 3.93. The van der Waals surface area contributed by atoms with Crippen molar-refractivity contribution in [1.29, 1.82) is 0 Å². The summed E-state index contributed by atoms with van der Waals surface area (Å²) < 4.78 is 14.1. The maximum absolute atomic E-state index is 13.0. The number of halogens is 2. The minimum Gasteiger partial charge on any atom is -0.322 e. The fourth-order valence-electron chi connectivity index (χ4n) is 1.50. The number of hydrogen-bond acceptors (Lipinski definition) is 1. The Balaban J connectivity index is 2.18. The lowest BCUT2D eigenvalue weighted by Crippen LogP contribution is -2.12. The molecule has 0 aliphatic carbocycles. The van der Waals surface area contributed by atoms with Gasteiger partial charge in [0.1, 0.15) is 5.82 Å². The van der Waals surface area contributed by atoms with Crippen molar-refractivity contribution in [2.75, 3.05) is 5.32 Å². The first-order valence-electron chi connectivity index (χ1n) is 5.39. The number of amides is 1. The van der Waals surface area contributed by atoms with Gasteiger partial charge in [-0.3, -0.25) is 4.79 Å². The molecule has 0 unspecified atom stereocenters. The van der Waals surface area contributed by atoms with Gasteiger partial charge in [-0.05, 0) is 65.4 Å². The fraction of sp³-hybridized carbons (Fsp3) is 0.0714. The van der Waals surface area contributed by atoms with Crippen molar-refractivity contribution in [1.82, 2.24) is 0 Å². The molecule has 2 aromatic rings. The minimum atomic E-state index is -0.416. The van der Waals surface area contributed by atoms with Gasteiger partial charge in [0, 0.05) is 14.8 Å². The number of hydrogen-bond donors (Lipinski definition) is 1. The van der Waals surface area contributed by atoms with Gasteiger partial charge < -0.3 is 5.32 Å². The van der Waals surface area contributed by atoms with Gasteiger partial charge in [0.05, 0.1) is 0 Å². The van der Waals surface area contributed by atoms with Crippen molar-refractivity contribution in [3.05, 3.63) is 63.0 Å². The van der Waals surface area contributed by atoms with E-state index in [1.807, 2.05) is 25.1 Å². The first-order chi connectivity index (χ1) is 8.56. The van der Waals surface area contributed by atoms with E-state index in [1.54, 1.807) is 6.07 Å². The molecular formula is C14H11FINO. The van der Waals surface area contributed by atoms with Crippen LogP contribution in [0.1, 0.15) is 15.9 Å². The molecule has 1 amide bonds. The first-order valence-corrected chi connectivity index (χ1v) is 6.47. The Morgan fingerprint density at radius 3 is 2.67 bits per heavy atom. The van der Waals surface area contributed by atoms with Gasteiger partial charge in [-0.2, -0.15) is 0 Å². The van der Waals surface area contributed by atoms with Crippen LogP contribution in [0.15, 0.2) is 42.5 Å². The van der Waals surface area contributed by atoms with Crippen LogP contribution in [0.4, 0.5) is 10.1 Å². The van der Waals surface area contributed by atoms with E-state index in [9.17, 15) is 9.18 Å². The van der Waals surface area contributed by atoms with Crippen molar-refractivity contribution in [2.24, 2.45) is 0 Å². The largest absolute Gasteiger partial charge is 0.322 e. The number of anilines is 1. The SMILES string of the molecule is Cc1ccc(NC(=O)c2cccc(F)c2)cc1I. The zero-order chi connectivity index (χ0) is 13.1. The first kappa shape index (κ1) is 13.0. The third-order valence-corrected chi connectivity index (χ3v) is 3.68. The maximum atomic E-state index is 13.0. The lowest BCUT2D eigenvalue weighted by atomic mass is 10.2. The zero-order valence-corrected chi connectivity index (χ0v) is 11.9. The highest BCUT2D eigenvalue weighted by Crippen LogP contribution is 2.18. The standard InChI is InChI=1S/C14H11FINO/c1-9-5-6-12(8-13(9)16)17-14(18)10-3-2-4-11(15)7-10/h2-8H,1H3,(H,17,18). The lowest BCUT2D eigenvalue weighted by molar-refractivity contribution is 0.102. The van der Waals surface area contributed by atoms with Crippen molar-refractivity contribution in [2.45, 2.75) is 6.92 Å². The molecule has 0 aliphatic heterocycles. The second kappa shape index (κ2) is 5.48. The van der Waals surface area contributed by atoms with Gasteiger partial charge in [-0.1, -0.05) is 12.1 Å². The van der Waals surface area contributed by atoms with E-state index in [-0.39, 0.29) is 5.91 Å². The van der Waals surface area contributed by atoms with E-state index in [0.717, 1.165) is 9.13 Å². The molecule has 1 N–H and O–H groups in total. The highest BCUT2D eigenvalue weighted by Gasteiger charge is 2.07. The molecule has 0 fully saturated rings. The van der Waals surface area contributed by atoms with E-state index in [1.165, 1.54) is 18.2 Å². The van der Waals surface area contributed by atoms with Crippen molar-refractivity contribution >= 4 is 34.2 Å². The van der Waals surface area contributed by atoms with E-state index in [4.69, 9.17) is 0 Å². The molecule has 0 atom stereocenters. The Kier molecular flexibility index (Phi) is 3.96. The molecule has 0 saturated heterocycles. The summed E-state index contributed by atoms with van der Waals surface area (Å²) in [7, 11) is 0. The topological polar surface area (TPSA) is 29.1 Å². The zero-order valence-electron chi connectivity index (χ0n) is 9.71. The number of benzene rings is 2. The monoisotopic (exact) mass is 355 g/mol. The molecule has 18 heavy (non-hydrogen) atoms. The molecule has 2 nitrogen and oxygen atoms in total. The Labute approximate surface area is 118 Å². The molecule has 0 bridgehead atoms. The molecule has 0 spiro atoms. The Hall–Kier alpha value is -1.43. The van der Waals surface area contributed by atoms with Crippen LogP contribution in [-0.2, 0) is 0 Å². The molecule has 0 radical (unpaired) electrons. The Morgan fingerprint density at radius 1 is 1.22 bits per heavy atom. The molecule has 92 valence electrons. The number of nitrogens with one attached hydrogen (secondary N) is 1. The summed E-state index contributed by atoms with van der Waals surface area (Å²) in [4.78, 5) is 11.9. The third kappa shape index (κ3) is 3.07. The average Bonchev–Trinajstić information content (AvgIpc) is 2.34. The maximum Gasteiger partial charge on any atom is 0.255 e. The Bertz CT molecular complexity index is 598. The van der Waals surface area contributed by atoms with Crippen LogP contribution in [0.25, 0.3) is 0 Å². The summed E-state index contributed by atoms with van der Waals surface area (Å²) >= 11 is 2.21. The number of carbonyl (C=O) groups excluding carboxylic acids is 1. The van der Waals surface area contributed by atoms with Gasteiger partial charge in [0.2, 0.25) is 0 Å². The third-order valence-electron chi connectivity index (χ3n) is 2.52. The highest BCUT2D eigenvalue weighted by molar-refractivity contribution is 14.1. The van der Waals surface area contributed by atoms with E-state index in [0.29, 0.717) is 11.3 Å². The lowest BCUT2D eigenvalue weighted by Gasteiger charge is -2.07. The molecule has 0 aromatic heterocycles. The highest BCUT2D eigenvalue weighted by atomic mass is 127. The predicted octanol–water partition coefficient (Wildman–Crippen LogP) is 3.99. The van der Waals surface area contributed by atoms with Crippen LogP contribution >= 0.6 is 22.6 Å². The normalized spacial score (nSPS) is 10.2. The quantitative estimate of drug-likeness (QED) is 0.811. The van der Waals surface area contributed by atoms with Crippen LogP contribution in [0.2, 0.25) is 0 Å². The van der Waals surface area contributed by atoms with Crippen molar-refractivity contribution in [3.63, 3.8) is 0 Å². The van der Waals surface area contributed by atoms with Crippen LogP contribution in [0.3, 0.4) is 0 Å². The molecule has 2 rings (SSSR count). The predicted molar refractivity (Wildman–Crippen MR) is 78.2 cm³/mol. The summed E-state index contributed by atoms with van der Waals surface area (Å²) in [6.45, 7) is 2.00. The number of rotatable bonds is 2.